The van der Waals surface area contributed by atoms with Crippen LogP contribution in [0.25, 0.3) is 10.9 Å². The fourth-order valence-corrected chi connectivity index (χ4v) is 3.43. The van der Waals surface area contributed by atoms with Crippen molar-refractivity contribution in [3.63, 3.8) is 0 Å². The molecule has 140 valence electrons. The van der Waals surface area contributed by atoms with E-state index in [1.807, 2.05) is 30.1 Å². The molecular formula is C19H27N5O2. The summed E-state index contributed by atoms with van der Waals surface area (Å²) in [5.74, 6) is 0.589. The molecule has 7 heteroatoms. The van der Waals surface area contributed by atoms with Crippen LogP contribution in [0.2, 0.25) is 0 Å². The van der Waals surface area contributed by atoms with Gasteiger partial charge in [0.2, 0.25) is 5.91 Å². The molecule has 0 unspecified atom stereocenters. The highest BCUT2D eigenvalue weighted by Gasteiger charge is 2.20. The monoisotopic (exact) mass is 357 g/mol. The molecule has 2 heterocycles. The van der Waals surface area contributed by atoms with Gasteiger partial charge in [0, 0.05) is 19.1 Å². The van der Waals surface area contributed by atoms with E-state index in [-0.39, 0.29) is 24.1 Å². The van der Waals surface area contributed by atoms with Crippen LogP contribution in [-0.2, 0) is 11.3 Å². The van der Waals surface area contributed by atoms with Gasteiger partial charge in [-0.2, -0.15) is 0 Å². The van der Waals surface area contributed by atoms with Gasteiger partial charge in [-0.05, 0) is 38.6 Å². The fraction of sp³-hybridized carbons (Fsp3) is 0.526. The lowest BCUT2D eigenvalue weighted by molar-refractivity contribution is -0.123. The number of para-hydroxylation sites is 1. The van der Waals surface area contributed by atoms with E-state index in [2.05, 4.69) is 27.1 Å². The van der Waals surface area contributed by atoms with E-state index < -0.39 is 0 Å². The summed E-state index contributed by atoms with van der Waals surface area (Å²) in [4.78, 5) is 36.0. The molecule has 7 nitrogen and oxygen atoms in total. The van der Waals surface area contributed by atoms with Crippen LogP contribution in [0.5, 0.6) is 0 Å². The van der Waals surface area contributed by atoms with Crippen LogP contribution in [0.1, 0.15) is 25.6 Å². The minimum Gasteiger partial charge on any atom is -0.352 e. The first kappa shape index (κ1) is 18.5. The van der Waals surface area contributed by atoms with Crippen molar-refractivity contribution in [3.05, 3.63) is 40.4 Å². The number of carbonyl (C=O) groups excluding carboxylic acids is 1. The van der Waals surface area contributed by atoms with E-state index in [1.54, 1.807) is 6.07 Å². The molecule has 2 aromatic rings. The molecule has 1 aromatic heterocycles. The number of H-pyrrole nitrogens is 1. The van der Waals surface area contributed by atoms with Crippen molar-refractivity contribution in [2.45, 2.75) is 32.4 Å². The highest BCUT2D eigenvalue weighted by molar-refractivity contribution is 5.78. The van der Waals surface area contributed by atoms with Crippen LogP contribution >= 0.6 is 0 Å². The second-order valence-corrected chi connectivity index (χ2v) is 6.98. The first-order valence-corrected chi connectivity index (χ1v) is 9.23. The minimum absolute atomic E-state index is 0.0191. The maximum Gasteiger partial charge on any atom is 0.258 e. The molecule has 0 aliphatic carbocycles. The van der Waals surface area contributed by atoms with Crippen molar-refractivity contribution in [1.29, 1.82) is 0 Å². The van der Waals surface area contributed by atoms with Crippen molar-refractivity contribution in [1.82, 2.24) is 25.1 Å². The summed E-state index contributed by atoms with van der Waals surface area (Å²) in [6.45, 7) is 6.02. The number of nitrogens with zero attached hydrogens (tertiary/aromatic N) is 3. The summed E-state index contributed by atoms with van der Waals surface area (Å²) in [7, 11) is 1.86. The molecule has 3 rings (SSSR count). The topological polar surface area (TPSA) is 81.3 Å². The van der Waals surface area contributed by atoms with E-state index >= 15 is 0 Å². The van der Waals surface area contributed by atoms with Gasteiger partial charge in [0.25, 0.3) is 5.56 Å². The molecule has 1 aliphatic rings. The van der Waals surface area contributed by atoms with E-state index in [0.29, 0.717) is 23.3 Å². The first-order chi connectivity index (χ1) is 12.5. The molecule has 1 saturated heterocycles. The maximum absolute atomic E-state index is 12.3. The van der Waals surface area contributed by atoms with Gasteiger partial charge < -0.3 is 15.2 Å². The summed E-state index contributed by atoms with van der Waals surface area (Å²) in [5.41, 5.74) is 0.526. The molecule has 2 N–H and O–H groups in total. The van der Waals surface area contributed by atoms with Crippen LogP contribution in [-0.4, -0.2) is 64.9 Å². The number of likely N-dealkylation sites (N-methyl/N-ethyl adjacent to an activating group) is 1. The van der Waals surface area contributed by atoms with Crippen molar-refractivity contribution in [2.24, 2.45) is 0 Å². The quantitative estimate of drug-likeness (QED) is 0.805. The Labute approximate surface area is 153 Å². The largest absolute Gasteiger partial charge is 0.352 e. The van der Waals surface area contributed by atoms with Crippen LogP contribution in [0.3, 0.4) is 0 Å². The molecule has 1 aliphatic heterocycles. The van der Waals surface area contributed by atoms with Gasteiger partial charge in [0.05, 0.1) is 24.0 Å². The van der Waals surface area contributed by atoms with E-state index in [1.165, 1.54) is 0 Å². The Kier molecular flexibility index (Phi) is 6.00. The zero-order valence-electron chi connectivity index (χ0n) is 15.5. The number of aromatic amines is 1. The molecule has 1 fully saturated rings. The smallest absolute Gasteiger partial charge is 0.258 e. The maximum atomic E-state index is 12.3. The van der Waals surface area contributed by atoms with Gasteiger partial charge in [-0.15, -0.1) is 0 Å². The number of aromatic nitrogens is 2. The number of carbonyl (C=O) groups is 1. The number of fused-ring (bicyclic) bond motifs is 1. The fourth-order valence-electron chi connectivity index (χ4n) is 3.43. The Morgan fingerprint density at radius 1 is 1.35 bits per heavy atom. The van der Waals surface area contributed by atoms with Crippen LogP contribution in [0.15, 0.2) is 29.1 Å². The average molecular weight is 357 g/mol. The normalized spacial score (nSPS) is 16.3. The van der Waals surface area contributed by atoms with Gasteiger partial charge in [-0.1, -0.05) is 19.1 Å². The zero-order valence-corrected chi connectivity index (χ0v) is 15.5. The first-order valence-electron chi connectivity index (χ1n) is 9.23. The number of hydrogen-bond acceptors (Lipinski definition) is 5. The summed E-state index contributed by atoms with van der Waals surface area (Å²) in [6, 6.07) is 7.52. The molecule has 1 aromatic carbocycles. The SMILES string of the molecule is CCN1CCC(NC(=O)CN(C)Cc2nc3ccccc3c(=O)[nH]2)CC1. The van der Waals surface area contributed by atoms with Gasteiger partial charge in [0.1, 0.15) is 5.82 Å². The molecule has 26 heavy (non-hydrogen) atoms. The Morgan fingerprint density at radius 2 is 2.08 bits per heavy atom. The third-order valence-corrected chi connectivity index (χ3v) is 4.90. The Morgan fingerprint density at radius 3 is 2.81 bits per heavy atom. The molecule has 0 saturated carbocycles. The number of hydrogen-bond donors (Lipinski definition) is 2. The molecule has 0 atom stereocenters. The third-order valence-electron chi connectivity index (χ3n) is 4.90. The second kappa shape index (κ2) is 8.42. The van der Waals surface area contributed by atoms with Crippen LogP contribution < -0.4 is 10.9 Å². The number of amides is 1. The minimum atomic E-state index is -0.147. The Balaban J connectivity index is 1.53. The number of piperidine rings is 1. The van der Waals surface area contributed by atoms with E-state index in [0.717, 1.165) is 32.5 Å². The van der Waals surface area contributed by atoms with Crippen LogP contribution in [0.4, 0.5) is 0 Å². The van der Waals surface area contributed by atoms with Crippen molar-refractivity contribution in [2.75, 3.05) is 33.2 Å². The van der Waals surface area contributed by atoms with Crippen molar-refractivity contribution >= 4 is 16.8 Å². The Bertz CT molecular complexity index is 811. The number of nitrogens with one attached hydrogen (secondary N) is 2. The highest BCUT2D eigenvalue weighted by Crippen LogP contribution is 2.10. The van der Waals surface area contributed by atoms with Crippen molar-refractivity contribution < 1.29 is 4.79 Å². The summed E-state index contributed by atoms with van der Waals surface area (Å²) >= 11 is 0. The lowest BCUT2D eigenvalue weighted by Gasteiger charge is -2.31. The third kappa shape index (κ3) is 4.68. The van der Waals surface area contributed by atoms with Crippen molar-refractivity contribution in [3.8, 4) is 0 Å². The number of likely N-dealkylation sites (tertiary alicyclic amines) is 1. The molecule has 1 amide bonds. The predicted octanol–water partition coefficient (Wildman–Crippen LogP) is 0.955. The molecule has 0 spiro atoms. The second-order valence-electron chi connectivity index (χ2n) is 6.98. The Hall–Kier alpha value is -2.25. The van der Waals surface area contributed by atoms with Gasteiger partial charge >= 0.3 is 0 Å². The van der Waals surface area contributed by atoms with Gasteiger partial charge in [-0.25, -0.2) is 4.98 Å². The van der Waals surface area contributed by atoms with E-state index in [9.17, 15) is 9.59 Å². The van der Waals surface area contributed by atoms with Gasteiger partial charge in [0.15, 0.2) is 0 Å². The number of benzene rings is 1. The summed E-state index contributed by atoms with van der Waals surface area (Å²) < 4.78 is 0. The molecular weight excluding hydrogens is 330 g/mol. The van der Waals surface area contributed by atoms with Gasteiger partial charge in [-0.3, -0.25) is 14.5 Å². The molecule has 0 radical (unpaired) electrons. The highest BCUT2D eigenvalue weighted by atomic mass is 16.2. The van der Waals surface area contributed by atoms with E-state index in [4.69, 9.17) is 0 Å². The lowest BCUT2D eigenvalue weighted by atomic mass is 10.1. The predicted molar refractivity (Wildman–Crippen MR) is 102 cm³/mol. The molecule has 0 bridgehead atoms. The lowest BCUT2D eigenvalue weighted by Crippen LogP contribution is -2.47. The standard InChI is InChI=1S/C19H27N5O2/c1-3-24-10-8-14(9-11-24)20-18(25)13-23(2)12-17-21-16-7-5-4-6-15(16)19(26)22-17/h4-7,14H,3,8-13H2,1-2H3,(H,20,25)(H,21,22,26). The van der Waals surface area contributed by atoms with Crippen LogP contribution in [0, 0.1) is 0 Å². The number of rotatable bonds is 6. The average Bonchev–Trinajstić information content (AvgIpc) is 2.62. The zero-order chi connectivity index (χ0) is 18.5. The summed E-state index contributed by atoms with van der Waals surface area (Å²) in [6.07, 6.45) is 2.01. The summed E-state index contributed by atoms with van der Waals surface area (Å²) in [5, 5.41) is 3.70.